The standard InChI is InChI=1S/C15H20N4/c16-11-12-5-3-9-18-15(12)19-10-2-1-7-14(19)13-6-4-8-17-13/h3,5,9,13-14,17H,1-2,4,6-8,10H2. The maximum absolute atomic E-state index is 9.27. The number of anilines is 1. The summed E-state index contributed by atoms with van der Waals surface area (Å²) < 4.78 is 0. The summed E-state index contributed by atoms with van der Waals surface area (Å²) in [4.78, 5) is 6.84. The van der Waals surface area contributed by atoms with Crippen molar-refractivity contribution in [2.45, 2.75) is 44.2 Å². The first-order chi connectivity index (χ1) is 9.40. The van der Waals surface area contributed by atoms with Crippen LogP contribution in [0.25, 0.3) is 0 Å². The van der Waals surface area contributed by atoms with Crippen LogP contribution >= 0.6 is 0 Å². The van der Waals surface area contributed by atoms with Gasteiger partial charge in [0.25, 0.3) is 0 Å². The maximum Gasteiger partial charge on any atom is 0.146 e. The number of nitrogens with one attached hydrogen (secondary N) is 1. The fourth-order valence-corrected chi connectivity index (χ4v) is 3.39. The van der Waals surface area contributed by atoms with Gasteiger partial charge in [-0.1, -0.05) is 0 Å². The molecule has 2 unspecified atom stereocenters. The van der Waals surface area contributed by atoms with Crippen LogP contribution in [0.2, 0.25) is 0 Å². The molecule has 0 saturated carbocycles. The third-order valence-electron chi connectivity index (χ3n) is 4.29. The van der Waals surface area contributed by atoms with Crippen LogP contribution in [0, 0.1) is 11.3 Å². The lowest BCUT2D eigenvalue weighted by Gasteiger charge is -2.40. The zero-order chi connectivity index (χ0) is 13.1. The summed E-state index contributed by atoms with van der Waals surface area (Å²) in [5.74, 6) is 0.878. The van der Waals surface area contributed by atoms with Gasteiger partial charge in [-0.25, -0.2) is 4.98 Å². The molecule has 0 spiro atoms. The first kappa shape index (κ1) is 12.4. The van der Waals surface area contributed by atoms with E-state index >= 15 is 0 Å². The minimum atomic E-state index is 0.498. The number of pyridine rings is 1. The van der Waals surface area contributed by atoms with Crippen molar-refractivity contribution in [1.29, 1.82) is 5.26 Å². The highest BCUT2D eigenvalue weighted by Gasteiger charge is 2.33. The van der Waals surface area contributed by atoms with E-state index in [0.29, 0.717) is 17.6 Å². The Kier molecular flexibility index (Phi) is 3.65. The Balaban J connectivity index is 1.89. The van der Waals surface area contributed by atoms with E-state index in [4.69, 9.17) is 0 Å². The maximum atomic E-state index is 9.27. The molecule has 1 aromatic rings. The summed E-state index contributed by atoms with van der Waals surface area (Å²) in [5.41, 5.74) is 0.701. The molecule has 4 nitrogen and oxygen atoms in total. The van der Waals surface area contributed by atoms with Crippen LogP contribution in [0.3, 0.4) is 0 Å². The van der Waals surface area contributed by atoms with Crippen molar-refractivity contribution >= 4 is 5.82 Å². The predicted octanol–water partition coefficient (Wildman–Crippen LogP) is 2.06. The Hall–Kier alpha value is -1.60. The van der Waals surface area contributed by atoms with E-state index in [0.717, 1.165) is 18.9 Å². The predicted molar refractivity (Wildman–Crippen MR) is 75.0 cm³/mol. The van der Waals surface area contributed by atoms with Crippen molar-refractivity contribution in [2.24, 2.45) is 0 Å². The van der Waals surface area contributed by atoms with E-state index in [1.807, 2.05) is 12.1 Å². The van der Waals surface area contributed by atoms with E-state index in [9.17, 15) is 5.26 Å². The lowest BCUT2D eigenvalue weighted by atomic mass is 9.94. The molecule has 100 valence electrons. The van der Waals surface area contributed by atoms with Crippen molar-refractivity contribution in [3.05, 3.63) is 23.9 Å². The van der Waals surface area contributed by atoms with Gasteiger partial charge in [0.1, 0.15) is 11.9 Å². The molecule has 0 amide bonds. The number of piperidine rings is 1. The van der Waals surface area contributed by atoms with Gasteiger partial charge in [0.05, 0.1) is 5.56 Å². The van der Waals surface area contributed by atoms with Gasteiger partial charge in [-0.05, 0) is 50.8 Å². The highest BCUT2D eigenvalue weighted by atomic mass is 15.2. The minimum Gasteiger partial charge on any atom is -0.351 e. The Labute approximate surface area is 114 Å². The summed E-state index contributed by atoms with van der Waals surface area (Å²) >= 11 is 0. The molecule has 19 heavy (non-hydrogen) atoms. The van der Waals surface area contributed by atoms with Crippen LogP contribution in [0.4, 0.5) is 5.82 Å². The molecule has 0 aliphatic carbocycles. The number of nitriles is 1. The third kappa shape index (κ3) is 2.43. The molecule has 2 aliphatic rings. The second-order valence-corrected chi connectivity index (χ2v) is 5.45. The zero-order valence-corrected chi connectivity index (χ0v) is 11.2. The lowest BCUT2D eigenvalue weighted by Crippen LogP contribution is -2.51. The summed E-state index contributed by atoms with van der Waals surface area (Å²) in [5, 5.41) is 12.9. The number of hydrogen-bond donors (Lipinski definition) is 1. The highest BCUT2D eigenvalue weighted by Crippen LogP contribution is 2.29. The van der Waals surface area contributed by atoms with Crippen molar-refractivity contribution < 1.29 is 0 Å². The molecule has 3 rings (SSSR count). The van der Waals surface area contributed by atoms with Gasteiger partial charge in [-0.2, -0.15) is 5.26 Å². The molecule has 2 fully saturated rings. The van der Waals surface area contributed by atoms with Crippen LogP contribution in [-0.4, -0.2) is 30.2 Å². The van der Waals surface area contributed by atoms with Crippen LogP contribution < -0.4 is 10.2 Å². The highest BCUT2D eigenvalue weighted by molar-refractivity contribution is 5.54. The average Bonchev–Trinajstić information content (AvgIpc) is 3.01. The van der Waals surface area contributed by atoms with Crippen molar-refractivity contribution in [1.82, 2.24) is 10.3 Å². The number of hydrogen-bond acceptors (Lipinski definition) is 4. The Morgan fingerprint density at radius 1 is 1.32 bits per heavy atom. The molecular weight excluding hydrogens is 236 g/mol. The molecule has 2 saturated heterocycles. The van der Waals surface area contributed by atoms with Gasteiger partial charge in [-0.3, -0.25) is 0 Å². The van der Waals surface area contributed by atoms with Gasteiger partial charge in [0, 0.05) is 24.8 Å². The average molecular weight is 256 g/mol. The van der Waals surface area contributed by atoms with E-state index < -0.39 is 0 Å². The minimum absolute atomic E-state index is 0.498. The van der Waals surface area contributed by atoms with Gasteiger partial charge >= 0.3 is 0 Å². The van der Waals surface area contributed by atoms with Crippen molar-refractivity contribution in [2.75, 3.05) is 18.0 Å². The quantitative estimate of drug-likeness (QED) is 0.880. The summed E-state index contributed by atoms with van der Waals surface area (Å²) in [6, 6.07) is 7.05. The molecule has 0 aromatic carbocycles. The molecule has 1 aromatic heterocycles. The molecule has 0 bridgehead atoms. The fraction of sp³-hybridized carbons (Fsp3) is 0.600. The van der Waals surface area contributed by atoms with E-state index in [1.54, 1.807) is 6.20 Å². The topological polar surface area (TPSA) is 52.0 Å². The molecule has 3 heterocycles. The first-order valence-corrected chi connectivity index (χ1v) is 7.25. The smallest absolute Gasteiger partial charge is 0.146 e. The van der Waals surface area contributed by atoms with Gasteiger partial charge in [-0.15, -0.1) is 0 Å². The first-order valence-electron chi connectivity index (χ1n) is 7.25. The van der Waals surface area contributed by atoms with E-state index in [-0.39, 0.29) is 0 Å². The van der Waals surface area contributed by atoms with Crippen molar-refractivity contribution in [3.63, 3.8) is 0 Å². The normalized spacial score (nSPS) is 27.2. The Bertz CT molecular complexity index is 473. The van der Waals surface area contributed by atoms with Crippen LogP contribution in [0.1, 0.15) is 37.7 Å². The molecule has 2 atom stereocenters. The van der Waals surface area contributed by atoms with E-state index in [1.165, 1.54) is 32.1 Å². The molecule has 1 N–H and O–H groups in total. The van der Waals surface area contributed by atoms with Crippen LogP contribution in [0.5, 0.6) is 0 Å². The third-order valence-corrected chi connectivity index (χ3v) is 4.29. The molecule has 4 heteroatoms. The second-order valence-electron chi connectivity index (χ2n) is 5.45. The lowest BCUT2D eigenvalue weighted by molar-refractivity contribution is 0.376. The van der Waals surface area contributed by atoms with Gasteiger partial charge in [0.2, 0.25) is 0 Å². The van der Waals surface area contributed by atoms with E-state index in [2.05, 4.69) is 21.3 Å². The summed E-state index contributed by atoms with van der Waals surface area (Å²) in [7, 11) is 0. The largest absolute Gasteiger partial charge is 0.351 e. The monoisotopic (exact) mass is 256 g/mol. The SMILES string of the molecule is N#Cc1cccnc1N1CCCCC1C1CCCN1. The molecule has 0 radical (unpaired) electrons. The molecule has 2 aliphatic heterocycles. The number of rotatable bonds is 2. The Morgan fingerprint density at radius 2 is 2.26 bits per heavy atom. The fourth-order valence-electron chi connectivity index (χ4n) is 3.39. The van der Waals surface area contributed by atoms with Crippen LogP contribution in [0.15, 0.2) is 18.3 Å². The number of aromatic nitrogens is 1. The zero-order valence-electron chi connectivity index (χ0n) is 11.2. The van der Waals surface area contributed by atoms with Gasteiger partial charge < -0.3 is 10.2 Å². The van der Waals surface area contributed by atoms with Gasteiger partial charge in [0.15, 0.2) is 0 Å². The molecular formula is C15H20N4. The number of nitrogens with zero attached hydrogens (tertiary/aromatic N) is 3. The Morgan fingerprint density at radius 3 is 3.05 bits per heavy atom. The second kappa shape index (κ2) is 5.58. The van der Waals surface area contributed by atoms with Crippen molar-refractivity contribution in [3.8, 4) is 6.07 Å². The summed E-state index contributed by atoms with van der Waals surface area (Å²) in [6.07, 6.45) is 8.00. The van der Waals surface area contributed by atoms with Crippen LogP contribution in [-0.2, 0) is 0 Å². The summed E-state index contributed by atoms with van der Waals surface area (Å²) in [6.45, 7) is 2.15.